The maximum absolute atomic E-state index is 12.4. The molecule has 0 saturated carbocycles. The Balaban J connectivity index is 1.64. The quantitative estimate of drug-likeness (QED) is 0.739. The van der Waals surface area contributed by atoms with Crippen LogP contribution in [0.4, 0.5) is 5.69 Å². The maximum Gasteiger partial charge on any atom is 0.240 e. The molecule has 0 fully saturated rings. The number of carbonyl (C=O) groups is 1. The molecule has 2 aromatic carbocycles. The molecule has 0 spiro atoms. The fourth-order valence-electron chi connectivity index (χ4n) is 2.64. The van der Waals surface area contributed by atoms with E-state index in [4.69, 9.17) is 32.7 Å². The van der Waals surface area contributed by atoms with E-state index >= 15 is 0 Å². The summed E-state index contributed by atoms with van der Waals surface area (Å²) in [6, 6.07) is 11.6. The van der Waals surface area contributed by atoms with Crippen molar-refractivity contribution in [2.45, 2.75) is 6.10 Å². The Kier molecular flexibility index (Phi) is 6.22. The van der Waals surface area contributed by atoms with Crippen molar-refractivity contribution in [3.63, 3.8) is 0 Å². The van der Waals surface area contributed by atoms with Crippen LogP contribution >= 0.6 is 23.2 Å². The molecule has 1 aliphatic rings. The number of amides is 1. The minimum atomic E-state index is -3.76. The highest BCUT2D eigenvalue weighted by Gasteiger charge is 2.25. The first kappa shape index (κ1) is 20.6. The summed E-state index contributed by atoms with van der Waals surface area (Å²) in [5.74, 6) is 0.726. The summed E-state index contributed by atoms with van der Waals surface area (Å²) >= 11 is 12.0. The zero-order valence-corrected chi connectivity index (χ0v) is 17.2. The van der Waals surface area contributed by atoms with E-state index in [1.807, 2.05) is 12.1 Å². The van der Waals surface area contributed by atoms with Gasteiger partial charge in [-0.15, -0.1) is 0 Å². The predicted octanol–water partition coefficient (Wildman–Crippen LogP) is 2.72. The van der Waals surface area contributed by atoms with E-state index < -0.39 is 22.5 Å². The van der Waals surface area contributed by atoms with Crippen molar-refractivity contribution >= 4 is 44.8 Å². The van der Waals surface area contributed by atoms with Crippen molar-refractivity contribution < 1.29 is 22.7 Å². The highest BCUT2D eigenvalue weighted by molar-refractivity contribution is 7.92. The molecule has 7 nitrogen and oxygen atoms in total. The molecule has 0 bridgehead atoms. The third-order valence-electron chi connectivity index (χ3n) is 3.96. The SMILES string of the molecule is CS(=O)(=O)N(CC(=O)NC[C@@H]1COc2ccccc2O1)c1cc(Cl)ccc1Cl. The molecule has 0 aromatic heterocycles. The second-order valence-corrected chi connectivity index (χ2v) is 8.92. The molecular formula is C18H18Cl2N2O5S. The summed E-state index contributed by atoms with van der Waals surface area (Å²) in [7, 11) is -3.76. The van der Waals surface area contributed by atoms with Crippen LogP contribution in [0.2, 0.25) is 10.0 Å². The number of hydrogen-bond donors (Lipinski definition) is 1. The number of carbonyl (C=O) groups excluding carboxylic acids is 1. The van der Waals surface area contributed by atoms with Gasteiger partial charge in [0, 0.05) is 5.02 Å². The van der Waals surface area contributed by atoms with Gasteiger partial charge in [0.2, 0.25) is 15.9 Å². The third-order valence-corrected chi connectivity index (χ3v) is 5.64. The second kappa shape index (κ2) is 8.46. The molecule has 1 atom stereocenters. The fraction of sp³-hybridized carbons (Fsp3) is 0.278. The Morgan fingerprint density at radius 1 is 1.21 bits per heavy atom. The lowest BCUT2D eigenvalue weighted by atomic mass is 10.2. The van der Waals surface area contributed by atoms with Crippen molar-refractivity contribution in [3.05, 3.63) is 52.5 Å². The van der Waals surface area contributed by atoms with Crippen LogP contribution in [0.15, 0.2) is 42.5 Å². The summed E-state index contributed by atoms with van der Waals surface area (Å²) in [5.41, 5.74) is 0.137. The van der Waals surface area contributed by atoms with Crippen LogP contribution in [-0.4, -0.2) is 46.4 Å². The molecule has 1 amide bonds. The van der Waals surface area contributed by atoms with Gasteiger partial charge in [-0.05, 0) is 30.3 Å². The van der Waals surface area contributed by atoms with E-state index in [9.17, 15) is 13.2 Å². The number of nitrogens with zero attached hydrogens (tertiary/aromatic N) is 1. The Hall–Kier alpha value is -2.16. The largest absolute Gasteiger partial charge is 0.486 e. The first-order valence-electron chi connectivity index (χ1n) is 8.32. The number of rotatable bonds is 6. The number of fused-ring (bicyclic) bond motifs is 1. The second-order valence-electron chi connectivity index (χ2n) is 6.17. The zero-order chi connectivity index (χ0) is 20.3. The van der Waals surface area contributed by atoms with Crippen LogP contribution in [0, 0.1) is 0 Å². The number of benzene rings is 2. The van der Waals surface area contributed by atoms with Crippen LogP contribution in [-0.2, 0) is 14.8 Å². The number of sulfonamides is 1. The Morgan fingerprint density at radius 2 is 1.93 bits per heavy atom. The molecule has 150 valence electrons. The fourth-order valence-corrected chi connectivity index (χ4v) is 3.93. The number of para-hydroxylation sites is 2. The van der Waals surface area contributed by atoms with Gasteiger partial charge in [0.1, 0.15) is 19.3 Å². The average molecular weight is 445 g/mol. The molecule has 1 aliphatic heterocycles. The molecule has 1 N–H and O–H groups in total. The van der Waals surface area contributed by atoms with Gasteiger partial charge in [-0.25, -0.2) is 8.42 Å². The van der Waals surface area contributed by atoms with Gasteiger partial charge < -0.3 is 14.8 Å². The lowest BCUT2D eigenvalue weighted by molar-refractivity contribution is -0.120. The Bertz CT molecular complexity index is 984. The molecule has 28 heavy (non-hydrogen) atoms. The van der Waals surface area contributed by atoms with E-state index in [1.165, 1.54) is 18.2 Å². The van der Waals surface area contributed by atoms with E-state index in [2.05, 4.69) is 5.32 Å². The molecular weight excluding hydrogens is 427 g/mol. The highest BCUT2D eigenvalue weighted by Crippen LogP contribution is 2.31. The monoisotopic (exact) mass is 444 g/mol. The number of nitrogens with one attached hydrogen (secondary N) is 1. The zero-order valence-electron chi connectivity index (χ0n) is 14.9. The standard InChI is InChI=1S/C18H18Cl2N2O5S/c1-28(24,25)22(15-8-12(19)6-7-14(15)20)10-18(23)21-9-13-11-26-16-4-2-3-5-17(16)27-13/h2-8,13H,9-11H2,1H3,(H,21,23)/t13-/m1/s1. The van der Waals surface area contributed by atoms with Gasteiger partial charge in [0.15, 0.2) is 11.5 Å². The third kappa shape index (κ3) is 5.01. The van der Waals surface area contributed by atoms with Gasteiger partial charge >= 0.3 is 0 Å². The number of hydrogen-bond acceptors (Lipinski definition) is 5. The molecule has 10 heteroatoms. The maximum atomic E-state index is 12.4. The minimum absolute atomic E-state index is 0.137. The first-order chi connectivity index (χ1) is 13.2. The van der Waals surface area contributed by atoms with E-state index in [0.29, 0.717) is 16.5 Å². The molecule has 1 heterocycles. The van der Waals surface area contributed by atoms with Crippen molar-refractivity contribution in [3.8, 4) is 11.5 Å². The van der Waals surface area contributed by atoms with Gasteiger partial charge in [-0.3, -0.25) is 9.10 Å². The van der Waals surface area contributed by atoms with E-state index in [-0.39, 0.29) is 30.0 Å². The van der Waals surface area contributed by atoms with Crippen molar-refractivity contribution in [1.29, 1.82) is 0 Å². The first-order valence-corrected chi connectivity index (χ1v) is 10.9. The van der Waals surface area contributed by atoms with Gasteiger partial charge in [0.25, 0.3) is 0 Å². The summed E-state index contributed by atoms with van der Waals surface area (Å²) in [4.78, 5) is 12.4. The summed E-state index contributed by atoms with van der Waals surface area (Å²) in [5, 5.41) is 3.14. The summed E-state index contributed by atoms with van der Waals surface area (Å²) < 4.78 is 36.6. The summed E-state index contributed by atoms with van der Waals surface area (Å²) in [6.07, 6.45) is 0.604. The Morgan fingerprint density at radius 3 is 2.64 bits per heavy atom. The topological polar surface area (TPSA) is 84.9 Å². The van der Waals surface area contributed by atoms with Crippen molar-refractivity contribution in [2.24, 2.45) is 0 Å². The van der Waals surface area contributed by atoms with Gasteiger partial charge in [0.05, 0.1) is 23.5 Å². The smallest absolute Gasteiger partial charge is 0.240 e. The molecule has 0 saturated heterocycles. The van der Waals surface area contributed by atoms with Crippen molar-refractivity contribution in [1.82, 2.24) is 5.32 Å². The van der Waals surface area contributed by atoms with Gasteiger partial charge in [-0.2, -0.15) is 0 Å². The van der Waals surface area contributed by atoms with Crippen LogP contribution < -0.4 is 19.1 Å². The van der Waals surface area contributed by atoms with Crippen molar-refractivity contribution in [2.75, 3.05) is 30.3 Å². The molecule has 0 aliphatic carbocycles. The average Bonchev–Trinajstić information content (AvgIpc) is 2.65. The number of anilines is 1. The molecule has 2 aromatic rings. The summed E-state index contributed by atoms with van der Waals surface area (Å²) in [6.45, 7) is -0.00961. The Labute approximate surface area is 173 Å². The van der Waals surface area contributed by atoms with Gasteiger partial charge in [-0.1, -0.05) is 35.3 Å². The van der Waals surface area contributed by atoms with Crippen LogP contribution in [0.3, 0.4) is 0 Å². The number of ether oxygens (including phenoxy) is 2. The molecule has 0 unspecified atom stereocenters. The highest BCUT2D eigenvalue weighted by atomic mass is 35.5. The van der Waals surface area contributed by atoms with Crippen LogP contribution in [0.5, 0.6) is 11.5 Å². The minimum Gasteiger partial charge on any atom is -0.486 e. The van der Waals surface area contributed by atoms with E-state index in [1.54, 1.807) is 12.1 Å². The normalized spacial score (nSPS) is 15.8. The molecule has 0 radical (unpaired) electrons. The van der Waals surface area contributed by atoms with E-state index in [0.717, 1.165) is 10.6 Å². The lowest BCUT2D eigenvalue weighted by Crippen LogP contribution is -2.45. The predicted molar refractivity (Wildman–Crippen MR) is 108 cm³/mol. The van der Waals surface area contributed by atoms with Crippen LogP contribution in [0.25, 0.3) is 0 Å². The van der Waals surface area contributed by atoms with Crippen LogP contribution in [0.1, 0.15) is 0 Å². The number of halogens is 2. The lowest BCUT2D eigenvalue weighted by Gasteiger charge is -2.27. The molecule has 3 rings (SSSR count).